The van der Waals surface area contributed by atoms with Gasteiger partial charge in [-0.1, -0.05) is 54.6 Å². The fourth-order valence-electron chi connectivity index (χ4n) is 3.89. The van der Waals surface area contributed by atoms with Crippen molar-refractivity contribution in [3.05, 3.63) is 119 Å². The molecule has 41 heavy (non-hydrogen) atoms. The van der Waals surface area contributed by atoms with Gasteiger partial charge in [-0.2, -0.15) is 5.10 Å². The van der Waals surface area contributed by atoms with Crippen LogP contribution in [0.15, 0.2) is 96.1 Å². The number of rotatable bonds is 12. The highest BCUT2D eigenvalue weighted by atomic mass is 16.5. The van der Waals surface area contributed by atoms with Crippen LogP contribution >= 0.6 is 0 Å². The molecule has 8 nitrogen and oxygen atoms in total. The number of anilines is 1. The lowest BCUT2D eigenvalue weighted by atomic mass is 10.1. The maximum atomic E-state index is 12.7. The van der Waals surface area contributed by atoms with E-state index in [0.717, 1.165) is 22.4 Å². The summed E-state index contributed by atoms with van der Waals surface area (Å²) >= 11 is 0. The number of nitrogens with one attached hydrogen (secondary N) is 2. The summed E-state index contributed by atoms with van der Waals surface area (Å²) < 4.78 is 17.3. The molecule has 0 bridgehead atoms. The van der Waals surface area contributed by atoms with Crippen molar-refractivity contribution < 1.29 is 23.8 Å². The molecule has 4 aromatic carbocycles. The van der Waals surface area contributed by atoms with Crippen LogP contribution in [0.3, 0.4) is 0 Å². The van der Waals surface area contributed by atoms with E-state index in [1.54, 1.807) is 36.4 Å². The Kier molecular flexibility index (Phi) is 10.1. The third-order valence-corrected chi connectivity index (χ3v) is 6.02. The first-order chi connectivity index (χ1) is 19.9. The van der Waals surface area contributed by atoms with E-state index >= 15 is 0 Å². The van der Waals surface area contributed by atoms with E-state index in [1.165, 1.54) is 6.21 Å². The van der Waals surface area contributed by atoms with Crippen LogP contribution in [0.25, 0.3) is 0 Å². The summed E-state index contributed by atoms with van der Waals surface area (Å²) in [5, 5.41) is 6.94. The summed E-state index contributed by atoms with van der Waals surface area (Å²) in [6.07, 6.45) is 1.50. The fraction of sp³-hybridized carbons (Fsp3) is 0.182. The number of aryl methyl sites for hydroxylation is 2. The topological polar surface area (TPSA) is 98.3 Å². The number of benzene rings is 4. The Hall–Kier alpha value is -5.11. The zero-order chi connectivity index (χ0) is 29.0. The summed E-state index contributed by atoms with van der Waals surface area (Å²) in [5.41, 5.74) is 7.43. The zero-order valence-electron chi connectivity index (χ0n) is 23.3. The van der Waals surface area contributed by atoms with Crippen LogP contribution in [-0.2, 0) is 11.4 Å². The first-order valence-corrected chi connectivity index (χ1v) is 13.3. The number of hydrogen-bond donors (Lipinski definition) is 2. The number of ether oxygens (including phenoxy) is 3. The van der Waals surface area contributed by atoms with E-state index in [9.17, 15) is 9.59 Å². The average molecular weight is 552 g/mol. The van der Waals surface area contributed by atoms with E-state index < -0.39 is 5.91 Å². The maximum absolute atomic E-state index is 12.7. The van der Waals surface area contributed by atoms with Crippen molar-refractivity contribution in [2.24, 2.45) is 5.10 Å². The standard InChI is InChI=1S/C33H33N3O5/c1-4-39-31-19-27(15-16-30(31)41-21-25-9-6-5-7-10-25)33(38)36-34-20-26-11-8-12-28(18-26)40-22-32(37)35-29-17-23(2)13-14-24(29)3/h5-20H,4,21-22H2,1-3H3,(H,35,37)(H,36,38)/b34-20+. The Bertz CT molecular complexity index is 1520. The van der Waals surface area contributed by atoms with Gasteiger partial charge in [0.15, 0.2) is 18.1 Å². The van der Waals surface area contributed by atoms with Gasteiger partial charge in [0.05, 0.1) is 12.8 Å². The number of amides is 2. The summed E-state index contributed by atoms with van der Waals surface area (Å²) in [7, 11) is 0. The third-order valence-electron chi connectivity index (χ3n) is 6.02. The second-order valence-electron chi connectivity index (χ2n) is 9.30. The number of nitrogens with zero attached hydrogens (tertiary/aromatic N) is 1. The predicted molar refractivity (Wildman–Crippen MR) is 160 cm³/mol. The third kappa shape index (κ3) is 8.69. The van der Waals surface area contributed by atoms with Crippen molar-refractivity contribution in [2.45, 2.75) is 27.4 Å². The Labute approximate surface area is 240 Å². The molecular weight excluding hydrogens is 518 g/mol. The molecule has 0 saturated heterocycles. The van der Waals surface area contributed by atoms with Gasteiger partial charge in [-0.05, 0) is 79.4 Å². The number of hydrazone groups is 1. The second-order valence-corrected chi connectivity index (χ2v) is 9.30. The van der Waals surface area contributed by atoms with Crippen molar-refractivity contribution >= 4 is 23.7 Å². The molecule has 0 fully saturated rings. The van der Waals surface area contributed by atoms with E-state index in [2.05, 4.69) is 15.8 Å². The van der Waals surface area contributed by atoms with Crippen molar-refractivity contribution in [3.8, 4) is 17.2 Å². The van der Waals surface area contributed by atoms with Crippen LogP contribution in [0, 0.1) is 13.8 Å². The molecule has 0 aromatic heterocycles. The number of carbonyl (C=O) groups is 2. The molecule has 8 heteroatoms. The SMILES string of the molecule is CCOc1cc(C(=O)N/N=C/c2cccc(OCC(=O)Nc3cc(C)ccc3C)c2)ccc1OCc1ccccc1. The molecule has 0 heterocycles. The Morgan fingerprint density at radius 3 is 2.46 bits per heavy atom. The van der Waals surface area contributed by atoms with Crippen molar-refractivity contribution in [1.29, 1.82) is 0 Å². The van der Waals surface area contributed by atoms with Gasteiger partial charge in [-0.3, -0.25) is 9.59 Å². The second kappa shape index (κ2) is 14.3. The van der Waals surface area contributed by atoms with Gasteiger partial charge in [0.2, 0.25) is 0 Å². The Morgan fingerprint density at radius 2 is 1.66 bits per heavy atom. The first kappa shape index (κ1) is 28.9. The molecule has 0 saturated carbocycles. The van der Waals surface area contributed by atoms with Crippen LogP contribution in [0.1, 0.15) is 39.5 Å². The van der Waals surface area contributed by atoms with Crippen LogP contribution in [0.5, 0.6) is 17.2 Å². The van der Waals surface area contributed by atoms with Crippen LogP contribution < -0.4 is 25.0 Å². The lowest BCUT2D eigenvalue weighted by Crippen LogP contribution is -2.20. The highest BCUT2D eigenvalue weighted by Crippen LogP contribution is 2.29. The molecule has 0 aliphatic carbocycles. The molecule has 0 aliphatic heterocycles. The van der Waals surface area contributed by atoms with Crippen LogP contribution in [0.4, 0.5) is 5.69 Å². The minimum absolute atomic E-state index is 0.141. The maximum Gasteiger partial charge on any atom is 0.271 e. The first-order valence-electron chi connectivity index (χ1n) is 13.3. The zero-order valence-corrected chi connectivity index (χ0v) is 23.3. The molecule has 0 atom stereocenters. The summed E-state index contributed by atoms with van der Waals surface area (Å²) in [4.78, 5) is 25.1. The normalized spacial score (nSPS) is 10.7. The van der Waals surface area contributed by atoms with Gasteiger partial charge in [-0.15, -0.1) is 0 Å². The van der Waals surface area contributed by atoms with Gasteiger partial charge >= 0.3 is 0 Å². The highest BCUT2D eigenvalue weighted by Gasteiger charge is 2.12. The Morgan fingerprint density at radius 1 is 0.829 bits per heavy atom. The van der Waals surface area contributed by atoms with Gasteiger partial charge < -0.3 is 19.5 Å². The van der Waals surface area contributed by atoms with Crippen molar-refractivity contribution in [1.82, 2.24) is 5.43 Å². The van der Waals surface area contributed by atoms with Gasteiger partial charge in [-0.25, -0.2) is 5.43 Å². The van der Waals surface area contributed by atoms with Crippen molar-refractivity contribution in [2.75, 3.05) is 18.5 Å². The number of hydrogen-bond acceptors (Lipinski definition) is 6. The minimum atomic E-state index is -0.396. The molecule has 2 amide bonds. The monoisotopic (exact) mass is 551 g/mol. The molecule has 0 spiro atoms. The van der Waals surface area contributed by atoms with Crippen molar-refractivity contribution in [3.63, 3.8) is 0 Å². The van der Waals surface area contributed by atoms with Gasteiger partial charge in [0.25, 0.3) is 11.8 Å². The van der Waals surface area contributed by atoms with E-state index in [4.69, 9.17) is 14.2 Å². The summed E-state index contributed by atoms with van der Waals surface area (Å²) in [5.74, 6) is 0.880. The molecule has 210 valence electrons. The van der Waals surface area contributed by atoms with Gasteiger partial charge in [0.1, 0.15) is 12.4 Å². The quantitative estimate of drug-likeness (QED) is 0.165. The number of carbonyl (C=O) groups excluding carboxylic acids is 2. The van der Waals surface area contributed by atoms with Gasteiger partial charge in [0, 0.05) is 11.3 Å². The molecule has 0 radical (unpaired) electrons. The fourth-order valence-corrected chi connectivity index (χ4v) is 3.89. The minimum Gasteiger partial charge on any atom is -0.490 e. The molecular formula is C33H33N3O5. The molecule has 4 aromatic rings. The summed E-state index contributed by atoms with van der Waals surface area (Å²) in [6, 6.07) is 27.8. The van der Waals surface area contributed by atoms with E-state index in [1.807, 2.05) is 75.4 Å². The smallest absolute Gasteiger partial charge is 0.271 e. The van der Waals surface area contributed by atoms with Crippen LogP contribution in [0.2, 0.25) is 0 Å². The van der Waals surface area contributed by atoms with Crippen LogP contribution in [-0.4, -0.2) is 31.2 Å². The lowest BCUT2D eigenvalue weighted by Gasteiger charge is -2.13. The predicted octanol–water partition coefficient (Wildman–Crippen LogP) is 6.06. The average Bonchev–Trinajstić information content (AvgIpc) is 2.98. The highest BCUT2D eigenvalue weighted by molar-refractivity contribution is 5.95. The molecule has 0 aliphatic rings. The molecule has 0 unspecified atom stereocenters. The largest absolute Gasteiger partial charge is 0.490 e. The Balaban J connectivity index is 1.31. The van der Waals surface area contributed by atoms with E-state index in [0.29, 0.717) is 41.6 Å². The lowest BCUT2D eigenvalue weighted by molar-refractivity contribution is -0.118. The summed E-state index contributed by atoms with van der Waals surface area (Å²) in [6.45, 7) is 6.45. The molecule has 2 N–H and O–H groups in total. The molecule has 4 rings (SSSR count). The van der Waals surface area contributed by atoms with E-state index in [-0.39, 0.29) is 12.5 Å².